The fraction of sp³-hybridized carbons (Fsp3) is 0.143. The fourth-order valence-corrected chi connectivity index (χ4v) is 1.55. The Kier molecular flexibility index (Phi) is 5.30. The van der Waals surface area contributed by atoms with Crippen molar-refractivity contribution in [2.45, 2.75) is 6.36 Å². The van der Waals surface area contributed by atoms with Crippen molar-refractivity contribution in [1.29, 1.82) is 0 Å². The van der Waals surface area contributed by atoms with Crippen LogP contribution in [0.1, 0.15) is 10.5 Å². The van der Waals surface area contributed by atoms with Crippen molar-refractivity contribution in [3.8, 4) is 5.75 Å². The second-order valence-electron chi connectivity index (χ2n) is 4.29. The lowest BCUT2D eigenvalue weighted by Gasteiger charge is -2.10. The van der Waals surface area contributed by atoms with Crippen molar-refractivity contribution in [3.05, 3.63) is 48.5 Å². The maximum atomic E-state index is 12.0. The summed E-state index contributed by atoms with van der Waals surface area (Å²) in [7, 11) is 0. The van der Waals surface area contributed by atoms with E-state index in [1.165, 1.54) is 30.7 Å². The van der Waals surface area contributed by atoms with Crippen LogP contribution >= 0.6 is 0 Å². The number of hydrogen-bond acceptors (Lipinski definition) is 6. The minimum Gasteiger partial charge on any atom is -0.451 e. The highest BCUT2D eigenvalue weighted by atomic mass is 19.4. The molecule has 2 rings (SSSR count). The van der Waals surface area contributed by atoms with Crippen molar-refractivity contribution < 1.29 is 32.2 Å². The van der Waals surface area contributed by atoms with Gasteiger partial charge in [0.25, 0.3) is 5.91 Å². The molecule has 0 radical (unpaired) electrons. The van der Waals surface area contributed by atoms with Crippen molar-refractivity contribution >= 4 is 17.6 Å². The maximum Gasteiger partial charge on any atom is 0.573 e. The second kappa shape index (κ2) is 7.40. The summed E-state index contributed by atoms with van der Waals surface area (Å²) < 4.78 is 44.5. The molecule has 0 atom stereocenters. The first kappa shape index (κ1) is 17.2. The van der Waals surface area contributed by atoms with Gasteiger partial charge in [-0.25, -0.2) is 9.78 Å². The SMILES string of the molecule is O=C(COC(=O)c1cnccn1)Nc1ccc(OC(F)(F)F)cc1. The molecule has 0 spiro atoms. The number of ether oxygens (including phenoxy) is 2. The number of halogens is 3. The molecular weight excluding hydrogens is 331 g/mol. The van der Waals surface area contributed by atoms with E-state index in [2.05, 4.69) is 20.0 Å². The summed E-state index contributed by atoms with van der Waals surface area (Å²) in [6.45, 7) is -0.587. The average Bonchev–Trinajstić information content (AvgIpc) is 2.54. The standard InChI is InChI=1S/C14H10F3N3O4/c15-14(16,17)24-10-3-1-9(2-4-10)20-12(21)8-23-13(22)11-7-18-5-6-19-11/h1-7H,8H2,(H,20,21). The Morgan fingerprint density at radius 2 is 1.83 bits per heavy atom. The van der Waals surface area contributed by atoms with E-state index in [0.717, 1.165) is 12.1 Å². The van der Waals surface area contributed by atoms with Crippen LogP contribution in [-0.4, -0.2) is 34.8 Å². The van der Waals surface area contributed by atoms with Gasteiger partial charge in [-0.3, -0.25) is 9.78 Å². The predicted octanol–water partition coefficient (Wildman–Crippen LogP) is 2.17. The van der Waals surface area contributed by atoms with Crippen LogP contribution in [0.25, 0.3) is 0 Å². The van der Waals surface area contributed by atoms with E-state index in [-0.39, 0.29) is 11.4 Å². The topological polar surface area (TPSA) is 90.4 Å². The summed E-state index contributed by atoms with van der Waals surface area (Å²) >= 11 is 0. The minimum atomic E-state index is -4.79. The Bertz CT molecular complexity index is 705. The highest BCUT2D eigenvalue weighted by molar-refractivity contribution is 5.94. The molecule has 1 aromatic heterocycles. The molecule has 1 amide bonds. The third-order valence-corrected chi connectivity index (χ3v) is 2.48. The van der Waals surface area contributed by atoms with Gasteiger partial charge in [0.05, 0.1) is 6.20 Å². The zero-order valence-corrected chi connectivity index (χ0v) is 11.9. The molecule has 0 saturated heterocycles. The first-order valence-corrected chi connectivity index (χ1v) is 6.42. The first-order valence-electron chi connectivity index (χ1n) is 6.42. The van der Waals surface area contributed by atoms with Crippen molar-refractivity contribution in [2.75, 3.05) is 11.9 Å². The second-order valence-corrected chi connectivity index (χ2v) is 4.29. The molecule has 7 nitrogen and oxygen atoms in total. The number of carbonyl (C=O) groups is 2. The molecule has 1 heterocycles. The summed E-state index contributed by atoms with van der Waals surface area (Å²) in [4.78, 5) is 30.6. The highest BCUT2D eigenvalue weighted by Crippen LogP contribution is 2.23. The molecule has 24 heavy (non-hydrogen) atoms. The Morgan fingerprint density at radius 3 is 2.42 bits per heavy atom. The number of benzene rings is 1. The Labute approximate surface area is 133 Å². The molecule has 0 aliphatic heterocycles. The van der Waals surface area contributed by atoms with Gasteiger partial charge in [0.1, 0.15) is 5.75 Å². The zero-order chi connectivity index (χ0) is 17.6. The molecule has 2 aromatic rings. The molecule has 1 aromatic carbocycles. The molecule has 0 bridgehead atoms. The van der Waals surface area contributed by atoms with Gasteiger partial charge in [-0.1, -0.05) is 0 Å². The zero-order valence-electron chi connectivity index (χ0n) is 11.9. The van der Waals surface area contributed by atoms with Gasteiger partial charge in [-0.15, -0.1) is 13.2 Å². The van der Waals surface area contributed by atoms with E-state index in [0.29, 0.717) is 0 Å². The van der Waals surface area contributed by atoms with Gasteiger partial charge in [-0.2, -0.15) is 0 Å². The number of alkyl halides is 3. The number of aromatic nitrogens is 2. The van der Waals surface area contributed by atoms with E-state index >= 15 is 0 Å². The number of anilines is 1. The van der Waals surface area contributed by atoms with Gasteiger partial charge < -0.3 is 14.8 Å². The van der Waals surface area contributed by atoms with Gasteiger partial charge in [-0.05, 0) is 24.3 Å². The smallest absolute Gasteiger partial charge is 0.451 e. The summed E-state index contributed by atoms with van der Waals surface area (Å²) in [5.41, 5.74) is 0.157. The number of nitrogens with one attached hydrogen (secondary N) is 1. The van der Waals surface area contributed by atoms with Crippen LogP contribution in [0.3, 0.4) is 0 Å². The predicted molar refractivity (Wildman–Crippen MR) is 74.1 cm³/mol. The number of amides is 1. The van der Waals surface area contributed by atoms with Crippen LogP contribution in [0.15, 0.2) is 42.9 Å². The number of hydrogen-bond donors (Lipinski definition) is 1. The molecule has 126 valence electrons. The lowest BCUT2D eigenvalue weighted by Crippen LogP contribution is -2.21. The molecule has 0 fully saturated rings. The lowest BCUT2D eigenvalue weighted by atomic mass is 10.3. The molecule has 0 aliphatic rings. The lowest BCUT2D eigenvalue weighted by molar-refractivity contribution is -0.274. The summed E-state index contributed by atoms with van der Waals surface area (Å²) in [6, 6.07) is 4.50. The van der Waals surface area contributed by atoms with Crippen molar-refractivity contribution in [1.82, 2.24) is 9.97 Å². The number of rotatable bonds is 5. The summed E-state index contributed by atoms with van der Waals surface area (Å²) in [5.74, 6) is -1.92. The third-order valence-electron chi connectivity index (χ3n) is 2.48. The fourth-order valence-electron chi connectivity index (χ4n) is 1.55. The van der Waals surface area contributed by atoms with Crippen LogP contribution in [0.5, 0.6) is 5.75 Å². The normalized spacial score (nSPS) is 10.8. The number of esters is 1. The molecular formula is C14H10F3N3O4. The van der Waals surface area contributed by atoms with Gasteiger partial charge in [0, 0.05) is 18.1 Å². The Hall–Kier alpha value is -3.17. The molecule has 0 unspecified atom stereocenters. The van der Waals surface area contributed by atoms with E-state index in [1.807, 2.05) is 0 Å². The van der Waals surface area contributed by atoms with E-state index in [1.54, 1.807) is 0 Å². The first-order chi connectivity index (χ1) is 11.3. The van der Waals surface area contributed by atoms with Gasteiger partial charge in [0.2, 0.25) is 0 Å². The van der Waals surface area contributed by atoms with E-state index in [4.69, 9.17) is 4.74 Å². The largest absolute Gasteiger partial charge is 0.573 e. The quantitative estimate of drug-likeness (QED) is 0.838. The van der Waals surface area contributed by atoms with Crippen LogP contribution < -0.4 is 10.1 Å². The third kappa shape index (κ3) is 5.55. The van der Waals surface area contributed by atoms with Crippen LogP contribution in [0.2, 0.25) is 0 Å². The molecule has 0 saturated carbocycles. The van der Waals surface area contributed by atoms with E-state index in [9.17, 15) is 22.8 Å². The maximum absolute atomic E-state index is 12.0. The highest BCUT2D eigenvalue weighted by Gasteiger charge is 2.30. The van der Waals surface area contributed by atoms with Crippen molar-refractivity contribution in [2.24, 2.45) is 0 Å². The minimum absolute atomic E-state index is 0.0565. The Morgan fingerprint density at radius 1 is 1.12 bits per heavy atom. The van der Waals surface area contributed by atoms with Gasteiger partial charge in [0.15, 0.2) is 12.3 Å². The van der Waals surface area contributed by atoms with Crippen molar-refractivity contribution in [3.63, 3.8) is 0 Å². The van der Waals surface area contributed by atoms with Crippen LogP contribution in [-0.2, 0) is 9.53 Å². The van der Waals surface area contributed by atoms with E-state index < -0.39 is 30.6 Å². The molecule has 10 heteroatoms. The van der Waals surface area contributed by atoms with Crippen LogP contribution in [0, 0.1) is 0 Å². The Balaban J connectivity index is 1.83. The molecule has 0 aliphatic carbocycles. The summed E-state index contributed by atoms with van der Waals surface area (Å²) in [6.07, 6.45) is -0.949. The number of carbonyl (C=O) groups excluding carboxylic acids is 2. The summed E-state index contributed by atoms with van der Waals surface area (Å²) in [5, 5.41) is 2.35. The van der Waals surface area contributed by atoms with Gasteiger partial charge >= 0.3 is 12.3 Å². The van der Waals surface area contributed by atoms with Crippen LogP contribution in [0.4, 0.5) is 18.9 Å². The number of nitrogens with zero attached hydrogens (tertiary/aromatic N) is 2. The average molecular weight is 341 g/mol. The monoisotopic (exact) mass is 341 g/mol. The molecule has 1 N–H and O–H groups in total.